The number of rotatable bonds is 6. The van der Waals surface area contributed by atoms with E-state index in [1.807, 2.05) is 0 Å². The van der Waals surface area contributed by atoms with Crippen LogP contribution in [0.1, 0.15) is 41.5 Å². The molecule has 33 heavy (non-hydrogen) atoms. The standard InChI is InChI=1S/C21H20F2N6O3.H2S/c1-5-32-20(30)13-9-24-28(10-13)21-25-17-11(2)27-29(18(17)19(26-21)31-4)12(3)15-8-14(22)6-7-16(15)23;/h6-10,12H,5H2,1-4H3;1H2/t12-;/m0./s1. The molecule has 0 bridgehead atoms. The number of fused-ring (bicyclic) bond motifs is 1. The summed E-state index contributed by atoms with van der Waals surface area (Å²) in [5.41, 5.74) is 1.78. The summed E-state index contributed by atoms with van der Waals surface area (Å²) < 4.78 is 41.4. The number of carbonyl (C=O) groups is 1. The quantitative estimate of drug-likeness (QED) is 0.393. The second kappa shape index (κ2) is 9.53. The number of aromatic nitrogens is 6. The van der Waals surface area contributed by atoms with Crippen LogP contribution in [0.2, 0.25) is 0 Å². The molecule has 0 fully saturated rings. The number of ether oxygens (including phenoxy) is 2. The summed E-state index contributed by atoms with van der Waals surface area (Å²) in [5, 5.41) is 8.61. The summed E-state index contributed by atoms with van der Waals surface area (Å²) >= 11 is 0. The van der Waals surface area contributed by atoms with Crippen molar-refractivity contribution < 1.29 is 23.0 Å². The van der Waals surface area contributed by atoms with Gasteiger partial charge in [-0.15, -0.1) is 0 Å². The lowest BCUT2D eigenvalue weighted by Crippen LogP contribution is -2.12. The van der Waals surface area contributed by atoms with Gasteiger partial charge in [-0.05, 0) is 39.0 Å². The van der Waals surface area contributed by atoms with Crippen molar-refractivity contribution in [2.45, 2.75) is 26.8 Å². The molecule has 0 amide bonds. The Bertz CT molecular complexity index is 1320. The molecule has 4 aromatic rings. The summed E-state index contributed by atoms with van der Waals surface area (Å²) in [6.45, 7) is 5.37. The highest BCUT2D eigenvalue weighted by molar-refractivity contribution is 7.59. The van der Waals surface area contributed by atoms with Crippen molar-refractivity contribution in [3.05, 3.63) is 59.0 Å². The molecule has 0 aliphatic heterocycles. The fourth-order valence-electron chi connectivity index (χ4n) is 3.38. The number of carbonyl (C=O) groups excluding carboxylic acids is 1. The molecule has 3 heterocycles. The molecule has 0 radical (unpaired) electrons. The molecule has 12 heteroatoms. The number of benzene rings is 1. The third-order valence-corrected chi connectivity index (χ3v) is 4.94. The van der Waals surface area contributed by atoms with E-state index in [1.54, 1.807) is 20.8 Å². The van der Waals surface area contributed by atoms with Crippen LogP contribution >= 0.6 is 13.5 Å². The van der Waals surface area contributed by atoms with Crippen molar-refractivity contribution >= 4 is 30.5 Å². The van der Waals surface area contributed by atoms with Gasteiger partial charge in [0.15, 0.2) is 0 Å². The predicted molar refractivity (Wildman–Crippen MR) is 120 cm³/mol. The number of esters is 1. The maximum Gasteiger partial charge on any atom is 0.341 e. The molecule has 0 saturated heterocycles. The number of halogens is 2. The highest BCUT2D eigenvalue weighted by atomic mass is 32.1. The van der Waals surface area contributed by atoms with Crippen LogP contribution in [-0.4, -0.2) is 49.2 Å². The molecule has 0 unspecified atom stereocenters. The van der Waals surface area contributed by atoms with Gasteiger partial charge in [0, 0.05) is 11.8 Å². The number of nitrogens with zero attached hydrogens (tertiary/aromatic N) is 6. The number of methoxy groups -OCH3 is 1. The number of hydrogen-bond acceptors (Lipinski definition) is 7. The van der Waals surface area contributed by atoms with Gasteiger partial charge in [-0.1, -0.05) is 0 Å². The van der Waals surface area contributed by atoms with E-state index in [9.17, 15) is 13.6 Å². The second-order valence-corrected chi connectivity index (χ2v) is 7.00. The van der Waals surface area contributed by atoms with E-state index in [0.29, 0.717) is 16.7 Å². The fourth-order valence-corrected chi connectivity index (χ4v) is 3.38. The van der Waals surface area contributed by atoms with Crippen LogP contribution in [-0.2, 0) is 4.74 Å². The summed E-state index contributed by atoms with van der Waals surface area (Å²) in [7, 11) is 1.43. The third-order valence-electron chi connectivity index (χ3n) is 4.94. The Balaban J connectivity index is 0.00000306. The second-order valence-electron chi connectivity index (χ2n) is 7.00. The van der Waals surface area contributed by atoms with Gasteiger partial charge in [0.05, 0.1) is 37.2 Å². The average Bonchev–Trinajstić information content (AvgIpc) is 3.40. The first-order chi connectivity index (χ1) is 15.3. The molecule has 0 saturated carbocycles. The van der Waals surface area contributed by atoms with E-state index in [-0.39, 0.29) is 43.1 Å². The average molecular weight is 477 g/mol. The molecule has 1 atom stereocenters. The lowest BCUT2D eigenvalue weighted by molar-refractivity contribution is 0.0526. The molecule has 174 valence electrons. The smallest absolute Gasteiger partial charge is 0.341 e. The maximum atomic E-state index is 14.4. The SMILES string of the molecule is CCOC(=O)c1cnn(-c2nc(OC)c3c(n2)c(C)nn3[C@@H](C)c2cc(F)ccc2F)c1.S. The van der Waals surface area contributed by atoms with E-state index in [4.69, 9.17) is 9.47 Å². The molecule has 0 spiro atoms. The predicted octanol–water partition coefficient (Wildman–Crippen LogP) is 3.51. The van der Waals surface area contributed by atoms with Gasteiger partial charge in [-0.2, -0.15) is 28.7 Å². The molecule has 9 nitrogen and oxygen atoms in total. The minimum Gasteiger partial charge on any atom is -0.479 e. The molecule has 3 aromatic heterocycles. The molecular weight excluding hydrogens is 454 g/mol. The summed E-state index contributed by atoms with van der Waals surface area (Å²) in [6, 6.07) is 2.60. The summed E-state index contributed by atoms with van der Waals surface area (Å²) in [5.74, 6) is -1.30. The number of aryl methyl sites for hydroxylation is 1. The van der Waals surface area contributed by atoms with Gasteiger partial charge < -0.3 is 9.47 Å². The first kappa shape index (κ1) is 24.1. The molecule has 0 aliphatic carbocycles. The zero-order valence-corrected chi connectivity index (χ0v) is 19.3. The molecule has 0 N–H and O–H groups in total. The highest BCUT2D eigenvalue weighted by Crippen LogP contribution is 2.31. The van der Waals surface area contributed by atoms with E-state index in [1.165, 1.54) is 28.9 Å². The van der Waals surface area contributed by atoms with Crippen molar-refractivity contribution in [2.24, 2.45) is 0 Å². The van der Waals surface area contributed by atoms with Crippen LogP contribution in [0.25, 0.3) is 17.0 Å². The topological polar surface area (TPSA) is 96.9 Å². The molecule has 0 aliphatic rings. The normalized spacial score (nSPS) is 11.8. The highest BCUT2D eigenvalue weighted by Gasteiger charge is 2.24. The van der Waals surface area contributed by atoms with Crippen LogP contribution in [0.3, 0.4) is 0 Å². The van der Waals surface area contributed by atoms with Crippen LogP contribution < -0.4 is 4.74 Å². The minimum atomic E-state index is -0.662. The van der Waals surface area contributed by atoms with Gasteiger partial charge in [0.25, 0.3) is 5.95 Å². The van der Waals surface area contributed by atoms with Gasteiger partial charge in [0.2, 0.25) is 5.88 Å². The lowest BCUT2D eigenvalue weighted by Gasteiger charge is -2.16. The Labute approximate surface area is 194 Å². The van der Waals surface area contributed by atoms with Crippen LogP contribution in [0, 0.1) is 18.6 Å². The Hall–Kier alpha value is -3.54. The molecule has 4 rings (SSSR count). The Morgan fingerprint density at radius 2 is 2.00 bits per heavy atom. The summed E-state index contributed by atoms with van der Waals surface area (Å²) in [6.07, 6.45) is 2.80. The van der Waals surface area contributed by atoms with Crippen molar-refractivity contribution in [3.8, 4) is 11.8 Å². The van der Waals surface area contributed by atoms with Crippen molar-refractivity contribution in [1.82, 2.24) is 29.5 Å². The zero-order valence-electron chi connectivity index (χ0n) is 18.3. The van der Waals surface area contributed by atoms with E-state index < -0.39 is 23.6 Å². The van der Waals surface area contributed by atoms with Crippen LogP contribution in [0.15, 0.2) is 30.6 Å². The third kappa shape index (κ3) is 4.38. The van der Waals surface area contributed by atoms with E-state index in [2.05, 4.69) is 20.2 Å². The maximum absolute atomic E-state index is 14.4. The van der Waals surface area contributed by atoms with Gasteiger partial charge in [-0.3, -0.25) is 4.68 Å². The first-order valence-corrected chi connectivity index (χ1v) is 9.82. The van der Waals surface area contributed by atoms with Gasteiger partial charge in [-0.25, -0.2) is 23.2 Å². The summed E-state index contributed by atoms with van der Waals surface area (Å²) in [4.78, 5) is 20.8. The number of hydrogen-bond donors (Lipinski definition) is 0. The Kier molecular flexibility index (Phi) is 6.96. The van der Waals surface area contributed by atoms with Gasteiger partial charge in [0.1, 0.15) is 22.7 Å². The Morgan fingerprint density at radius 3 is 2.70 bits per heavy atom. The van der Waals surface area contributed by atoms with Crippen molar-refractivity contribution in [1.29, 1.82) is 0 Å². The van der Waals surface area contributed by atoms with Crippen LogP contribution in [0.4, 0.5) is 8.78 Å². The zero-order chi connectivity index (χ0) is 23.0. The fraction of sp³-hybridized carbons (Fsp3) is 0.286. The van der Waals surface area contributed by atoms with E-state index >= 15 is 0 Å². The lowest BCUT2D eigenvalue weighted by atomic mass is 10.1. The van der Waals surface area contributed by atoms with Crippen molar-refractivity contribution in [3.63, 3.8) is 0 Å². The first-order valence-electron chi connectivity index (χ1n) is 9.82. The van der Waals surface area contributed by atoms with E-state index in [0.717, 1.165) is 18.2 Å². The molecular formula is C21H22F2N6O3S. The molecule has 1 aromatic carbocycles. The monoisotopic (exact) mass is 476 g/mol. The minimum absolute atomic E-state index is 0. The van der Waals surface area contributed by atoms with Gasteiger partial charge >= 0.3 is 5.97 Å². The van der Waals surface area contributed by atoms with Crippen LogP contribution in [0.5, 0.6) is 5.88 Å². The van der Waals surface area contributed by atoms with Crippen molar-refractivity contribution in [2.75, 3.05) is 13.7 Å². The largest absolute Gasteiger partial charge is 0.479 e. The Morgan fingerprint density at radius 1 is 1.24 bits per heavy atom.